The molecule has 0 N–H and O–H groups in total. The molecule has 25 heavy (non-hydrogen) atoms. The molecule has 126 valence electrons. The Morgan fingerprint density at radius 1 is 1.12 bits per heavy atom. The summed E-state index contributed by atoms with van der Waals surface area (Å²) in [5.74, 6) is 1.53. The fourth-order valence-electron chi connectivity index (χ4n) is 2.21. The average molecular weight is 389 g/mol. The van der Waals surface area contributed by atoms with Gasteiger partial charge >= 0.3 is 0 Å². The van der Waals surface area contributed by atoms with Crippen molar-refractivity contribution in [2.45, 2.75) is 17.5 Å². The first kappa shape index (κ1) is 16.4. The topological polar surface area (TPSA) is 52.3 Å². The highest BCUT2D eigenvalue weighted by atomic mass is 35.5. The van der Waals surface area contributed by atoms with E-state index in [1.807, 2.05) is 53.1 Å². The Bertz CT molecular complexity index is 984. The Morgan fingerprint density at radius 3 is 2.88 bits per heavy atom. The highest BCUT2D eigenvalue weighted by Crippen LogP contribution is 2.23. The molecular formula is C17H13ClN4OS2. The Kier molecular flexibility index (Phi) is 4.87. The van der Waals surface area contributed by atoms with Crippen LogP contribution >= 0.6 is 34.7 Å². The fourth-order valence-corrected chi connectivity index (χ4v) is 3.97. The first-order valence-electron chi connectivity index (χ1n) is 7.52. The number of pyridine rings is 1. The van der Waals surface area contributed by atoms with Crippen LogP contribution in [0.5, 0.6) is 5.75 Å². The summed E-state index contributed by atoms with van der Waals surface area (Å²) in [6.45, 7) is 0.449. The lowest BCUT2D eigenvalue weighted by Gasteiger charge is -2.03. The number of thiazole rings is 1. The van der Waals surface area contributed by atoms with Crippen LogP contribution in [0.3, 0.4) is 0 Å². The molecule has 4 aromatic rings. The number of hydrogen-bond acceptors (Lipinski definition) is 6. The molecule has 1 aromatic carbocycles. The molecule has 0 saturated heterocycles. The van der Waals surface area contributed by atoms with Crippen LogP contribution in [0.15, 0.2) is 59.2 Å². The molecule has 0 atom stereocenters. The van der Waals surface area contributed by atoms with Crippen LogP contribution in [0.4, 0.5) is 0 Å². The molecule has 0 aliphatic carbocycles. The molecule has 0 amide bonds. The lowest BCUT2D eigenvalue weighted by atomic mass is 10.3. The fraction of sp³-hybridized carbons (Fsp3) is 0.118. The predicted octanol–water partition coefficient (Wildman–Crippen LogP) is 4.71. The van der Waals surface area contributed by atoms with Gasteiger partial charge in [0.15, 0.2) is 10.8 Å². The molecule has 0 saturated carbocycles. The van der Waals surface area contributed by atoms with Gasteiger partial charge in [-0.15, -0.1) is 21.5 Å². The van der Waals surface area contributed by atoms with Gasteiger partial charge in [0.2, 0.25) is 0 Å². The van der Waals surface area contributed by atoms with Gasteiger partial charge in [-0.3, -0.25) is 4.40 Å². The van der Waals surface area contributed by atoms with Gasteiger partial charge < -0.3 is 4.74 Å². The van der Waals surface area contributed by atoms with Gasteiger partial charge in [0.1, 0.15) is 17.4 Å². The summed E-state index contributed by atoms with van der Waals surface area (Å²) in [5.41, 5.74) is 1.86. The van der Waals surface area contributed by atoms with Crippen LogP contribution in [-0.2, 0) is 12.4 Å². The number of ether oxygens (including phenoxy) is 1. The number of rotatable bonds is 6. The molecule has 3 aromatic heterocycles. The van der Waals surface area contributed by atoms with E-state index < -0.39 is 0 Å². The highest BCUT2D eigenvalue weighted by Gasteiger charge is 2.08. The maximum atomic E-state index is 5.87. The zero-order valence-corrected chi connectivity index (χ0v) is 15.4. The van der Waals surface area contributed by atoms with Crippen molar-refractivity contribution in [2.24, 2.45) is 0 Å². The highest BCUT2D eigenvalue weighted by molar-refractivity contribution is 7.98. The van der Waals surface area contributed by atoms with Gasteiger partial charge in [-0.2, -0.15) is 0 Å². The van der Waals surface area contributed by atoms with Gasteiger partial charge in [0.05, 0.1) is 5.69 Å². The van der Waals surface area contributed by atoms with E-state index in [1.165, 1.54) is 0 Å². The summed E-state index contributed by atoms with van der Waals surface area (Å²) in [6.07, 6.45) is 1.96. The van der Waals surface area contributed by atoms with E-state index in [-0.39, 0.29) is 0 Å². The van der Waals surface area contributed by atoms with Crippen LogP contribution in [0, 0.1) is 0 Å². The maximum Gasteiger partial charge on any atom is 0.195 e. The molecule has 0 radical (unpaired) electrons. The number of halogens is 1. The van der Waals surface area contributed by atoms with E-state index in [0.29, 0.717) is 11.6 Å². The Labute approximate surface area is 157 Å². The molecular weight excluding hydrogens is 376 g/mol. The van der Waals surface area contributed by atoms with Crippen LogP contribution in [0.2, 0.25) is 5.02 Å². The summed E-state index contributed by atoms with van der Waals surface area (Å²) in [6, 6.07) is 13.2. The largest absolute Gasteiger partial charge is 0.486 e. The summed E-state index contributed by atoms with van der Waals surface area (Å²) in [4.78, 5) is 4.61. The van der Waals surface area contributed by atoms with Crippen LogP contribution in [-0.4, -0.2) is 19.6 Å². The van der Waals surface area contributed by atoms with Crippen molar-refractivity contribution in [3.8, 4) is 5.75 Å². The monoisotopic (exact) mass is 388 g/mol. The second kappa shape index (κ2) is 7.43. The number of fused-ring (bicyclic) bond motifs is 1. The standard InChI is InChI=1S/C17H13ClN4OS2/c18-12-4-6-14(7-5-12)23-9-16-19-13(10-24-16)11-25-17-21-20-15-3-1-2-8-22(15)17/h1-8,10H,9,11H2. The zero-order chi connectivity index (χ0) is 17.1. The molecule has 8 heteroatoms. The van der Waals surface area contributed by atoms with Crippen molar-refractivity contribution in [3.63, 3.8) is 0 Å². The third kappa shape index (κ3) is 3.95. The molecule has 0 unspecified atom stereocenters. The minimum Gasteiger partial charge on any atom is -0.486 e. The SMILES string of the molecule is Clc1ccc(OCc2nc(CSc3nnc4ccccn34)cs2)cc1. The van der Waals surface area contributed by atoms with Crippen molar-refractivity contribution in [2.75, 3.05) is 0 Å². The Hall–Kier alpha value is -2.09. The second-order valence-corrected chi connectivity index (χ2v) is 7.50. The lowest BCUT2D eigenvalue weighted by Crippen LogP contribution is -1.95. The summed E-state index contributed by atoms with van der Waals surface area (Å²) in [7, 11) is 0. The van der Waals surface area contributed by atoms with E-state index in [1.54, 1.807) is 23.1 Å². The van der Waals surface area contributed by atoms with E-state index in [0.717, 1.165) is 33.0 Å². The molecule has 5 nitrogen and oxygen atoms in total. The Morgan fingerprint density at radius 2 is 2.00 bits per heavy atom. The zero-order valence-electron chi connectivity index (χ0n) is 13.0. The smallest absolute Gasteiger partial charge is 0.195 e. The Balaban J connectivity index is 1.35. The summed E-state index contributed by atoms with van der Waals surface area (Å²) < 4.78 is 7.70. The second-order valence-electron chi connectivity index (χ2n) is 5.18. The van der Waals surface area contributed by atoms with Gasteiger partial charge in [-0.25, -0.2) is 4.98 Å². The minimum atomic E-state index is 0.449. The molecule has 0 bridgehead atoms. The number of aromatic nitrogens is 4. The van der Waals surface area contributed by atoms with Crippen LogP contribution < -0.4 is 4.74 Å². The van der Waals surface area contributed by atoms with Gasteiger partial charge in [-0.1, -0.05) is 29.4 Å². The van der Waals surface area contributed by atoms with Crippen molar-refractivity contribution >= 4 is 40.3 Å². The number of hydrogen-bond donors (Lipinski definition) is 0. The normalized spacial score (nSPS) is 11.1. The number of thioether (sulfide) groups is 1. The minimum absolute atomic E-state index is 0.449. The van der Waals surface area contributed by atoms with Gasteiger partial charge in [0, 0.05) is 22.4 Å². The van der Waals surface area contributed by atoms with Crippen molar-refractivity contribution < 1.29 is 4.74 Å². The quantitative estimate of drug-likeness (QED) is 0.448. The predicted molar refractivity (Wildman–Crippen MR) is 100 cm³/mol. The first-order valence-corrected chi connectivity index (χ1v) is 9.76. The molecule has 4 rings (SSSR count). The molecule has 0 spiro atoms. The van der Waals surface area contributed by atoms with Crippen molar-refractivity contribution in [1.29, 1.82) is 0 Å². The van der Waals surface area contributed by atoms with Crippen LogP contribution in [0.25, 0.3) is 5.65 Å². The molecule has 0 aliphatic rings. The van der Waals surface area contributed by atoms with Crippen LogP contribution in [0.1, 0.15) is 10.7 Å². The third-order valence-electron chi connectivity index (χ3n) is 3.41. The molecule has 0 aliphatic heterocycles. The summed E-state index contributed by atoms with van der Waals surface area (Å²) in [5, 5.41) is 12.9. The lowest BCUT2D eigenvalue weighted by molar-refractivity contribution is 0.305. The third-order valence-corrected chi connectivity index (χ3v) is 5.51. The average Bonchev–Trinajstić information content (AvgIpc) is 3.26. The number of nitrogens with zero attached hydrogens (tertiary/aromatic N) is 4. The molecule has 3 heterocycles. The van der Waals surface area contributed by atoms with Gasteiger partial charge in [0.25, 0.3) is 0 Å². The summed E-state index contributed by atoms with van der Waals surface area (Å²) >= 11 is 9.08. The van der Waals surface area contributed by atoms with E-state index in [4.69, 9.17) is 16.3 Å². The van der Waals surface area contributed by atoms with E-state index >= 15 is 0 Å². The van der Waals surface area contributed by atoms with Crippen molar-refractivity contribution in [1.82, 2.24) is 19.6 Å². The van der Waals surface area contributed by atoms with Gasteiger partial charge in [-0.05, 0) is 36.4 Å². The van der Waals surface area contributed by atoms with Crippen molar-refractivity contribution in [3.05, 3.63) is 69.8 Å². The van der Waals surface area contributed by atoms with E-state index in [2.05, 4.69) is 20.6 Å². The number of benzene rings is 1. The maximum absolute atomic E-state index is 5.87. The van der Waals surface area contributed by atoms with E-state index in [9.17, 15) is 0 Å². The molecule has 0 fully saturated rings. The first-order chi connectivity index (χ1) is 12.3.